The van der Waals surface area contributed by atoms with E-state index < -0.39 is 0 Å². The van der Waals surface area contributed by atoms with Gasteiger partial charge in [0.25, 0.3) is 0 Å². The summed E-state index contributed by atoms with van der Waals surface area (Å²) in [5.74, 6) is 0. The third kappa shape index (κ3) is 1.47. The summed E-state index contributed by atoms with van der Waals surface area (Å²) in [5.41, 5.74) is 6.30. The number of nitrogens with zero attached hydrogens (tertiary/aromatic N) is 2. The third-order valence-corrected chi connectivity index (χ3v) is 3.38. The predicted octanol–water partition coefficient (Wildman–Crippen LogP) is 1.80. The van der Waals surface area contributed by atoms with Gasteiger partial charge < -0.3 is 10.6 Å². The van der Waals surface area contributed by atoms with Gasteiger partial charge in [-0.1, -0.05) is 0 Å². The molecule has 3 nitrogen and oxygen atoms in total. The fourth-order valence-electron chi connectivity index (χ4n) is 1.57. The molecule has 0 atom stereocenters. The van der Waals surface area contributed by atoms with Gasteiger partial charge in [-0.25, -0.2) is 0 Å². The summed E-state index contributed by atoms with van der Waals surface area (Å²) in [6, 6.07) is 4.02. The van der Waals surface area contributed by atoms with E-state index in [0.717, 1.165) is 18.1 Å². The molecule has 0 amide bonds. The van der Waals surface area contributed by atoms with Crippen molar-refractivity contribution in [1.29, 1.82) is 5.26 Å². The normalized spacial score (nSPS) is 16.1. The van der Waals surface area contributed by atoms with E-state index in [2.05, 4.69) is 11.0 Å². The summed E-state index contributed by atoms with van der Waals surface area (Å²) in [4.78, 5) is 2.93. The Balaban J connectivity index is 2.26. The van der Waals surface area contributed by atoms with E-state index in [1.54, 1.807) is 0 Å². The lowest BCUT2D eigenvalue weighted by molar-refractivity contribution is 0.949. The Hall–Kier alpha value is -1.21. The van der Waals surface area contributed by atoms with Gasteiger partial charge in [-0.3, -0.25) is 0 Å². The van der Waals surface area contributed by atoms with Gasteiger partial charge in [0, 0.05) is 13.1 Å². The number of thiophene rings is 1. The molecule has 2 rings (SSSR count). The van der Waals surface area contributed by atoms with Gasteiger partial charge in [-0.05, 0) is 18.9 Å². The van der Waals surface area contributed by atoms with E-state index in [0.29, 0.717) is 10.6 Å². The lowest BCUT2D eigenvalue weighted by atomic mass is 10.4. The van der Waals surface area contributed by atoms with Gasteiger partial charge in [0.1, 0.15) is 10.9 Å². The fraction of sp³-hybridized carbons (Fsp3) is 0.444. The highest BCUT2D eigenvalue weighted by Gasteiger charge is 2.15. The van der Waals surface area contributed by atoms with Gasteiger partial charge in [-0.15, -0.1) is 11.3 Å². The zero-order valence-corrected chi connectivity index (χ0v) is 8.10. The standard InChI is InChI=1S/C9H11N3S/c10-6-8-7(11)5-9(13-8)12-3-1-2-4-12/h5H,1-4,11H2. The molecule has 0 radical (unpaired) electrons. The first-order chi connectivity index (χ1) is 6.31. The lowest BCUT2D eigenvalue weighted by Gasteiger charge is -2.13. The minimum absolute atomic E-state index is 0.620. The van der Waals surface area contributed by atoms with Crippen molar-refractivity contribution >= 4 is 22.0 Å². The molecule has 0 spiro atoms. The van der Waals surface area contributed by atoms with Crippen molar-refractivity contribution in [3.63, 3.8) is 0 Å². The van der Waals surface area contributed by atoms with Crippen LogP contribution in [0.3, 0.4) is 0 Å². The van der Waals surface area contributed by atoms with Crippen LogP contribution in [-0.4, -0.2) is 13.1 Å². The van der Waals surface area contributed by atoms with E-state index in [9.17, 15) is 0 Å². The average Bonchev–Trinajstić information content (AvgIpc) is 2.71. The Morgan fingerprint density at radius 3 is 2.69 bits per heavy atom. The lowest BCUT2D eigenvalue weighted by Crippen LogP contribution is -2.15. The van der Waals surface area contributed by atoms with Crippen molar-refractivity contribution in [3.05, 3.63) is 10.9 Å². The Bertz CT molecular complexity index is 344. The van der Waals surface area contributed by atoms with Crippen LogP contribution in [0.2, 0.25) is 0 Å². The molecule has 1 aliphatic rings. The molecule has 1 aliphatic heterocycles. The molecule has 68 valence electrons. The number of rotatable bonds is 1. The number of hydrogen-bond donors (Lipinski definition) is 1. The highest BCUT2D eigenvalue weighted by Crippen LogP contribution is 2.33. The summed E-state index contributed by atoms with van der Waals surface area (Å²) in [6.45, 7) is 2.20. The van der Waals surface area contributed by atoms with Crippen LogP contribution >= 0.6 is 11.3 Å². The highest BCUT2D eigenvalue weighted by atomic mass is 32.1. The van der Waals surface area contributed by atoms with E-state index in [1.165, 1.54) is 24.2 Å². The fourth-order valence-corrected chi connectivity index (χ4v) is 2.50. The first-order valence-electron chi connectivity index (χ1n) is 4.35. The number of nitrogens with two attached hydrogens (primary N) is 1. The molecule has 2 N–H and O–H groups in total. The molecule has 13 heavy (non-hydrogen) atoms. The van der Waals surface area contributed by atoms with Crippen LogP contribution in [0.25, 0.3) is 0 Å². The summed E-state index contributed by atoms with van der Waals surface area (Å²) in [5, 5.41) is 9.88. The Labute approximate surface area is 81.4 Å². The predicted molar refractivity (Wildman–Crippen MR) is 54.9 cm³/mol. The van der Waals surface area contributed by atoms with Gasteiger partial charge in [0.05, 0.1) is 10.7 Å². The van der Waals surface area contributed by atoms with Gasteiger partial charge in [0.2, 0.25) is 0 Å². The summed E-state index contributed by atoms with van der Waals surface area (Å²) < 4.78 is 0. The zero-order chi connectivity index (χ0) is 9.26. The van der Waals surface area contributed by atoms with Crippen molar-refractivity contribution in [1.82, 2.24) is 0 Å². The second-order valence-corrected chi connectivity index (χ2v) is 4.21. The Morgan fingerprint density at radius 1 is 1.46 bits per heavy atom. The van der Waals surface area contributed by atoms with E-state index in [-0.39, 0.29) is 0 Å². The molecular weight excluding hydrogens is 182 g/mol. The van der Waals surface area contributed by atoms with Crippen LogP contribution in [-0.2, 0) is 0 Å². The first-order valence-corrected chi connectivity index (χ1v) is 5.17. The van der Waals surface area contributed by atoms with Crippen LogP contribution < -0.4 is 10.6 Å². The molecule has 4 heteroatoms. The molecule has 2 heterocycles. The van der Waals surface area contributed by atoms with Crippen molar-refractivity contribution in [2.24, 2.45) is 0 Å². The SMILES string of the molecule is N#Cc1sc(N2CCCC2)cc1N. The molecule has 0 aliphatic carbocycles. The third-order valence-electron chi connectivity index (χ3n) is 2.27. The van der Waals surface area contributed by atoms with Crippen LogP contribution in [0.4, 0.5) is 10.7 Å². The molecule has 0 aromatic carbocycles. The molecule has 1 saturated heterocycles. The van der Waals surface area contributed by atoms with Crippen molar-refractivity contribution in [3.8, 4) is 6.07 Å². The number of anilines is 2. The second kappa shape index (κ2) is 3.27. The summed E-state index contributed by atoms with van der Waals surface area (Å²) in [7, 11) is 0. The molecule has 1 aromatic heterocycles. The van der Waals surface area contributed by atoms with Crippen LogP contribution in [0.1, 0.15) is 17.7 Å². The number of nitrogen functional groups attached to an aromatic ring is 1. The zero-order valence-electron chi connectivity index (χ0n) is 7.29. The summed E-state index contributed by atoms with van der Waals surface area (Å²) >= 11 is 1.50. The minimum atomic E-state index is 0.620. The van der Waals surface area contributed by atoms with Crippen molar-refractivity contribution < 1.29 is 0 Å². The molecule has 0 bridgehead atoms. The average molecular weight is 193 g/mol. The van der Waals surface area contributed by atoms with Gasteiger partial charge in [-0.2, -0.15) is 5.26 Å². The second-order valence-electron chi connectivity index (χ2n) is 3.18. The molecule has 0 saturated carbocycles. The highest BCUT2D eigenvalue weighted by molar-refractivity contribution is 7.17. The number of hydrogen-bond acceptors (Lipinski definition) is 4. The monoisotopic (exact) mass is 193 g/mol. The molecule has 1 aromatic rings. The molecule has 1 fully saturated rings. The van der Waals surface area contributed by atoms with Crippen molar-refractivity contribution in [2.45, 2.75) is 12.8 Å². The maximum atomic E-state index is 8.74. The number of nitriles is 1. The maximum Gasteiger partial charge on any atom is 0.129 e. The smallest absolute Gasteiger partial charge is 0.129 e. The van der Waals surface area contributed by atoms with Crippen LogP contribution in [0.5, 0.6) is 0 Å². The summed E-state index contributed by atoms with van der Waals surface area (Å²) in [6.07, 6.45) is 2.50. The van der Waals surface area contributed by atoms with Crippen LogP contribution in [0, 0.1) is 11.3 Å². The van der Waals surface area contributed by atoms with Gasteiger partial charge in [0.15, 0.2) is 0 Å². The topological polar surface area (TPSA) is 53.0 Å². The Kier molecular flexibility index (Phi) is 2.11. The minimum Gasteiger partial charge on any atom is -0.397 e. The molecule has 0 unspecified atom stereocenters. The van der Waals surface area contributed by atoms with Crippen LogP contribution in [0.15, 0.2) is 6.07 Å². The Morgan fingerprint density at radius 2 is 2.15 bits per heavy atom. The van der Waals surface area contributed by atoms with Gasteiger partial charge >= 0.3 is 0 Å². The first kappa shape index (κ1) is 8.39. The largest absolute Gasteiger partial charge is 0.397 e. The molecular formula is C9H11N3S. The van der Waals surface area contributed by atoms with E-state index in [4.69, 9.17) is 11.0 Å². The quantitative estimate of drug-likeness (QED) is 0.740. The van der Waals surface area contributed by atoms with E-state index in [1.807, 2.05) is 6.07 Å². The maximum absolute atomic E-state index is 8.74. The van der Waals surface area contributed by atoms with E-state index >= 15 is 0 Å². The van der Waals surface area contributed by atoms with Crippen molar-refractivity contribution in [2.75, 3.05) is 23.7 Å².